The van der Waals surface area contributed by atoms with Crippen molar-refractivity contribution in [1.82, 2.24) is 0 Å². The van der Waals surface area contributed by atoms with Crippen LogP contribution >= 0.6 is 0 Å². The Bertz CT molecular complexity index is 296. The van der Waals surface area contributed by atoms with E-state index in [0.717, 1.165) is 0 Å². The molecule has 2 fully saturated rings. The highest BCUT2D eigenvalue weighted by molar-refractivity contribution is 5.66. The van der Waals surface area contributed by atoms with Gasteiger partial charge in [0.15, 0.2) is 6.10 Å². The summed E-state index contributed by atoms with van der Waals surface area (Å²) >= 11 is 0. The van der Waals surface area contributed by atoms with E-state index in [-0.39, 0.29) is 36.0 Å². The number of hydrogen-bond acceptors (Lipinski definition) is 5. The molecule has 2 rings (SSSR count). The first-order chi connectivity index (χ1) is 7.87. The third kappa shape index (κ3) is 2.97. The van der Waals surface area contributed by atoms with E-state index in [1.165, 1.54) is 6.92 Å². The highest BCUT2D eigenvalue weighted by atomic mass is 16.7. The van der Waals surface area contributed by atoms with Crippen LogP contribution in [0, 0.1) is 0 Å². The molecule has 0 N–H and O–H groups in total. The Morgan fingerprint density at radius 2 is 1.65 bits per heavy atom. The van der Waals surface area contributed by atoms with Gasteiger partial charge in [-0.05, 0) is 20.8 Å². The predicted octanol–water partition coefficient (Wildman–Crippen LogP) is 0.899. The Morgan fingerprint density at radius 1 is 1.12 bits per heavy atom. The van der Waals surface area contributed by atoms with Crippen LogP contribution in [0.1, 0.15) is 27.7 Å². The molecule has 0 aliphatic carbocycles. The maximum Gasteiger partial charge on any atom is 0.303 e. The van der Waals surface area contributed by atoms with Crippen molar-refractivity contribution < 1.29 is 23.7 Å². The zero-order valence-electron chi connectivity index (χ0n) is 10.8. The fraction of sp³-hybridized carbons (Fsp3) is 0.917. The molecule has 0 radical (unpaired) electrons. The van der Waals surface area contributed by atoms with Gasteiger partial charge >= 0.3 is 5.97 Å². The predicted molar refractivity (Wildman–Crippen MR) is 59.7 cm³/mol. The minimum absolute atomic E-state index is 0.0828. The topological polar surface area (TPSA) is 54.0 Å². The molecule has 98 valence electrons. The van der Waals surface area contributed by atoms with E-state index in [4.69, 9.17) is 18.9 Å². The molecule has 2 aliphatic heterocycles. The molecule has 2 heterocycles. The van der Waals surface area contributed by atoms with Gasteiger partial charge in [-0.15, -0.1) is 0 Å². The van der Waals surface area contributed by atoms with Crippen LogP contribution in [0.25, 0.3) is 0 Å². The van der Waals surface area contributed by atoms with Crippen LogP contribution < -0.4 is 0 Å². The van der Waals surface area contributed by atoms with Gasteiger partial charge in [-0.3, -0.25) is 4.79 Å². The van der Waals surface area contributed by atoms with Crippen molar-refractivity contribution in [3.63, 3.8) is 0 Å². The molecule has 0 unspecified atom stereocenters. The van der Waals surface area contributed by atoms with Crippen LogP contribution in [-0.2, 0) is 23.7 Å². The Labute approximate surface area is 101 Å². The molecule has 0 aromatic heterocycles. The van der Waals surface area contributed by atoms with Crippen molar-refractivity contribution in [2.75, 3.05) is 13.2 Å². The number of esters is 1. The van der Waals surface area contributed by atoms with Crippen molar-refractivity contribution in [2.24, 2.45) is 0 Å². The van der Waals surface area contributed by atoms with Gasteiger partial charge in [-0.1, -0.05) is 0 Å². The average Bonchev–Trinajstić information content (AvgIpc) is 2.68. The first kappa shape index (κ1) is 12.8. The van der Waals surface area contributed by atoms with E-state index in [9.17, 15) is 4.79 Å². The maximum atomic E-state index is 10.9. The second-order valence-electron chi connectivity index (χ2n) is 5.51. The molecule has 2 saturated heterocycles. The third-order valence-corrected chi connectivity index (χ3v) is 2.78. The number of ether oxygens (including phenoxy) is 4. The minimum atomic E-state index is -0.303. The van der Waals surface area contributed by atoms with Gasteiger partial charge in [0.05, 0.1) is 18.8 Å². The van der Waals surface area contributed by atoms with Crippen molar-refractivity contribution >= 4 is 5.97 Å². The number of rotatable bonds is 2. The smallest absolute Gasteiger partial charge is 0.303 e. The van der Waals surface area contributed by atoms with Crippen LogP contribution in [0.2, 0.25) is 0 Å². The fourth-order valence-corrected chi connectivity index (χ4v) is 2.30. The highest BCUT2D eigenvalue weighted by Crippen LogP contribution is 2.32. The zero-order valence-corrected chi connectivity index (χ0v) is 10.8. The highest BCUT2D eigenvalue weighted by Gasteiger charge is 2.50. The van der Waals surface area contributed by atoms with Gasteiger partial charge in [-0.25, -0.2) is 0 Å². The van der Waals surface area contributed by atoms with Gasteiger partial charge in [0.25, 0.3) is 0 Å². The summed E-state index contributed by atoms with van der Waals surface area (Å²) in [6.07, 6.45) is -0.698. The molecule has 0 saturated carbocycles. The van der Waals surface area contributed by atoms with Crippen molar-refractivity contribution in [3.8, 4) is 0 Å². The number of fused-ring (bicyclic) bond motifs is 1. The molecular formula is C12H20O5. The van der Waals surface area contributed by atoms with Crippen molar-refractivity contribution in [3.05, 3.63) is 0 Å². The molecule has 0 aromatic rings. The zero-order chi connectivity index (χ0) is 12.6. The van der Waals surface area contributed by atoms with Gasteiger partial charge in [-0.2, -0.15) is 0 Å². The molecule has 0 spiro atoms. The van der Waals surface area contributed by atoms with Gasteiger partial charge in [0, 0.05) is 6.92 Å². The summed E-state index contributed by atoms with van der Waals surface area (Å²) in [7, 11) is 0. The van der Waals surface area contributed by atoms with E-state index in [2.05, 4.69) is 0 Å². The second kappa shape index (κ2) is 4.55. The van der Waals surface area contributed by atoms with E-state index in [1.54, 1.807) is 0 Å². The molecule has 17 heavy (non-hydrogen) atoms. The van der Waals surface area contributed by atoms with Gasteiger partial charge < -0.3 is 18.9 Å². The molecule has 2 aliphatic rings. The largest absolute Gasteiger partial charge is 0.457 e. The minimum Gasteiger partial charge on any atom is -0.457 e. The lowest BCUT2D eigenvalue weighted by molar-refractivity contribution is -0.151. The lowest BCUT2D eigenvalue weighted by atomic mass is 10.1. The fourth-order valence-electron chi connectivity index (χ4n) is 2.30. The lowest BCUT2D eigenvalue weighted by Gasteiger charge is -2.26. The number of hydrogen-bond donors (Lipinski definition) is 0. The maximum absolute atomic E-state index is 10.9. The van der Waals surface area contributed by atoms with E-state index >= 15 is 0 Å². The summed E-state index contributed by atoms with van der Waals surface area (Å²) in [5.41, 5.74) is -0.230. The first-order valence-electron chi connectivity index (χ1n) is 5.95. The van der Waals surface area contributed by atoms with Crippen LogP contribution in [0.5, 0.6) is 0 Å². The van der Waals surface area contributed by atoms with Crippen LogP contribution in [0.15, 0.2) is 0 Å². The number of carbonyl (C=O) groups excluding carboxylic acids is 1. The summed E-state index contributed by atoms with van der Waals surface area (Å²) in [6, 6.07) is 0. The molecule has 5 heteroatoms. The summed E-state index contributed by atoms with van der Waals surface area (Å²) in [6.45, 7) is 8.27. The van der Waals surface area contributed by atoms with E-state index < -0.39 is 0 Å². The average molecular weight is 244 g/mol. The molecule has 5 nitrogen and oxygen atoms in total. The lowest BCUT2D eigenvalue weighted by Crippen LogP contribution is -2.38. The monoisotopic (exact) mass is 244 g/mol. The quantitative estimate of drug-likeness (QED) is 0.675. The second-order valence-corrected chi connectivity index (χ2v) is 5.51. The number of carbonyl (C=O) groups is 1. The Kier molecular flexibility index (Phi) is 3.43. The Morgan fingerprint density at radius 3 is 2.18 bits per heavy atom. The summed E-state index contributed by atoms with van der Waals surface area (Å²) in [5.74, 6) is -0.303. The van der Waals surface area contributed by atoms with E-state index in [1.807, 2.05) is 20.8 Å². The van der Waals surface area contributed by atoms with Gasteiger partial charge in [0.2, 0.25) is 0 Å². The van der Waals surface area contributed by atoms with Crippen LogP contribution in [-0.4, -0.2) is 49.2 Å². The molecule has 0 aromatic carbocycles. The third-order valence-electron chi connectivity index (χ3n) is 2.78. The van der Waals surface area contributed by atoms with E-state index in [0.29, 0.717) is 13.2 Å². The van der Waals surface area contributed by atoms with Crippen LogP contribution in [0.3, 0.4) is 0 Å². The molecule has 0 bridgehead atoms. The first-order valence-corrected chi connectivity index (χ1v) is 5.95. The van der Waals surface area contributed by atoms with Crippen LogP contribution in [0.4, 0.5) is 0 Å². The molecule has 4 atom stereocenters. The molecule has 0 amide bonds. The molecular weight excluding hydrogens is 224 g/mol. The van der Waals surface area contributed by atoms with Crippen molar-refractivity contribution in [2.45, 2.75) is 57.7 Å². The summed E-state index contributed by atoms with van der Waals surface area (Å²) in [4.78, 5) is 10.9. The summed E-state index contributed by atoms with van der Waals surface area (Å²) in [5, 5.41) is 0. The standard InChI is InChI=1S/C12H20O5/c1-7(13)16-8-5-14-11-9(6-15-10(8)11)17-12(2,3)4/h8-11H,5-6H2,1-4H3/t8-,9-,10-,11-/m1/s1. The Hall–Kier alpha value is -0.650. The van der Waals surface area contributed by atoms with Crippen molar-refractivity contribution in [1.29, 1.82) is 0 Å². The summed E-state index contributed by atoms with van der Waals surface area (Å²) < 4.78 is 22.3. The normalized spacial score (nSPS) is 36.9. The van der Waals surface area contributed by atoms with Gasteiger partial charge in [0.1, 0.15) is 18.3 Å². The SMILES string of the molecule is CC(=O)O[C@@H]1CO[C@H]2[C@@H]1OC[C@H]2OC(C)(C)C. The Balaban J connectivity index is 1.95.